The summed E-state index contributed by atoms with van der Waals surface area (Å²) in [7, 11) is 0. The number of quaternary nitrogens is 3. The Bertz CT molecular complexity index is 6450. The highest BCUT2D eigenvalue weighted by Crippen LogP contribution is 2.57. The number of carbonyl (C=O) groups is 7. The third kappa shape index (κ3) is 22.5. The molecule has 10 heterocycles. The molecule has 23 nitrogen and oxygen atoms in total. The Kier molecular flexibility index (Phi) is 32.1. The van der Waals surface area contributed by atoms with Gasteiger partial charge in [-0.25, -0.2) is 17.6 Å². The van der Waals surface area contributed by atoms with E-state index < -0.39 is 59.2 Å². The summed E-state index contributed by atoms with van der Waals surface area (Å²) in [6.45, 7) is 34.9. The van der Waals surface area contributed by atoms with Crippen LogP contribution in [0.3, 0.4) is 0 Å². The Balaban J connectivity index is 0.000000124. The van der Waals surface area contributed by atoms with E-state index in [9.17, 15) is 56.2 Å². The second-order valence-corrected chi connectivity index (χ2v) is 41.1. The number of benzene rings is 10. The van der Waals surface area contributed by atoms with Crippen molar-refractivity contribution in [3.63, 3.8) is 0 Å². The van der Waals surface area contributed by atoms with Crippen LogP contribution >= 0.6 is 0 Å². The number of hydrogen-bond acceptors (Lipinski definition) is 13. The quantitative estimate of drug-likeness (QED) is 0.0194. The number of aryl methyl sites for hydroxylation is 4. The number of para-hydroxylation sites is 1. The summed E-state index contributed by atoms with van der Waals surface area (Å²) in [5, 5.41) is 35.9. The van der Waals surface area contributed by atoms with E-state index in [0.29, 0.717) is 82.7 Å². The average molecular weight is 1970 g/mol. The fourth-order valence-corrected chi connectivity index (χ4v) is 23.1. The summed E-state index contributed by atoms with van der Waals surface area (Å²) in [4.78, 5) is 91.1. The maximum absolute atomic E-state index is 13.9. The zero-order valence-electron chi connectivity index (χ0n) is 84.2. The molecule has 10 aromatic rings. The van der Waals surface area contributed by atoms with Crippen LogP contribution in [0.1, 0.15) is 310 Å². The number of amides is 6. The van der Waals surface area contributed by atoms with E-state index in [-0.39, 0.29) is 95.5 Å². The van der Waals surface area contributed by atoms with Gasteiger partial charge in [0.2, 0.25) is 29.5 Å². The third-order valence-corrected chi connectivity index (χ3v) is 31.2. The van der Waals surface area contributed by atoms with Gasteiger partial charge in [-0.2, -0.15) is 0 Å². The smallest absolute Gasteiger partial charge is 0.303 e. The fourth-order valence-electron chi connectivity index (χ4n) is 23.1. The topological polar surface area (TPSA) is 292 Å². The lowest BCUT2D eigenvalue weighted by Gasteiger charge is -2.25. The number of anilines is 5. The molecule has 10 aliphatic heterocycles. The molecule has 11 atom stereocenters. The van der Waals surface area contributed by atoms with Gasteiger partial charge in [-0.3, -0.25) is 33.6 Å². The molecule has 10 aromatic carbocycles. The van der Waals surface area contributed by atoms with Gasteiger partial charge in [0, 0.05) is 53.3 Å². The number of hydrogen-bond donors (Lipinski definition) is 11. The maximum Gasteiger partial charge on any atom is 0.303 e. The van der Waals surface area contributed by atoms with Gasteiger partial charge in [0.25, 0.3) is 5.91 Å². The number of ether oxygens (including phenoxy) is 5. The van der Waals surface area contributed by atoms with Crippen LogP contribution in [0.4, 0.5) is 46.0 Å². The SMILES string of the molecule is CC1(C)OC(C2C(=O)Nc3ccc(F)cc32)c2ccc(CCC3CCC(O)CC3)cc21.CC[NH+](CC)CCCc1ccc2c(c1)C(C)(C)OC2C1C(=O)Nc2ccc(F)cc21.CC[NH+](CC)CCCc1ccc2c(c1)C(C)OC2C1C(=O)Nc2ccc(F)cc21.CC[NH+](CC)CCNC(=O)c1ccc2c(c1)COC2C1C(=O)Nc2ccccc21.O=C(O)CCc1ccc2c(c1)COC2C1C(=O)Nc2ccc(F)cc21. The molecule has 11 N–H and O–H groups in total. The number of carboxylic acid groups (broad SMARTS) is 1. The molecule has 1 fully saturated rings. The first kappa shape index (κ1) is 103. The zero-order valence-corrected chi connectivity index (χ0v) is 84.2. The molecular formula is C117H136F4N9O14+3. The zero-order chi connectivity index (χ0) is 102. The summed E-state index contributed by atoms with van der Waals surface area (Å²) >= 11 is 0. The van der Waals surface area contributed by atoms with Crippen molar-refractivity contribution in [1.82, 2.24) is 5.32 Å². The van der Waals surface area contributed by atoms with E-state index in [1.54, 1.807) is 34.1 Å². The fraction of sp³-hybridized carbons (Fsp3) is 0.427. The normalized spacial score (nSPS) is 22.9. The van der Waals surface area contributed by atoms with Gasteiger partial charge in [0.15, 0.2) is 0 Å². The lowest BCUT2D eigenvalue weighted by Crippen LogP contribution is -3.12. The van der Waals surface area contributed by atoms with E-state index >= 15 is 0 Å². The number of aliphatic hydroxyl groups excluding tert-OH is 1. The van der Waals surface area contributed by atoms with Crippen LogP contribution in [-0.4, -0.2) is 123 Å². The predicted molar refractivity (Wildman–Crippen MR) is 544 cm³/mol. The molecule has 11 unspecified atom stereocenters. The third-order valence-electron chi connectivity index (χ3n) is 31.2. The standard InChI is InChI=1S/C26H30FNO3.C25H31FN2O2.C24H29FN2O2.C23H27N3O3.C19H16FNO4/c1-26(2)21-13-16(4-3-15-5-9-18(29)10-6-15)7-11-19(21)24(31-26)23-20-14-17(27)8-12-22(20)28-25(23)30;1-5-28(6-2)13-7-8-16-9-11-18-20(14-16)25(3,4)30-23(18)22-19-15-17(26)10-12-21(19)27-24(22)29;1-4-27(5-2)12-6-7-16-8-10-18-19(13-16)15(3)29-23(18)22-20-14-17(25)9-11-21(20)26-24(22)28;1-3-26(4-2)12-11-24-22(27)15-9-10-17-16(13-15)14-29-21(17)20-18-7-5-6-8-19(18)25-23(20)28;20-12-3-5-15-14(8-12)17(19(24)21-15)18-13-4-1-10(2-6-16(22)23)7-11(13)9-25-18/h7-8,11-15,18,23-24,29H,3-6,9-10H2,1-2H3,(H,28,30);9-12,14-15,22-23H,5-8,13H2,1-4H3,(H,27,29);8-11,13-15,22-23H,4-7,12H2,1-3H3,(H,26,28);5-10,13,20-21H,3-4,11-12,14H2,1-2H3,(H,24,27)(H,25,28);1,3-5,7-8,17-18H,2,6,9H2,(H,21,24)(H,22,23)/p+3. The molecule has 11 aliphatic rings. The van der Waals surface area contributed by atoms with Crippen molar-refractivity contribution in [3.8, 4) is 0 Å². The van der Waals surface area contributed by atoms with Crippen LogP contribution in [0.5, 0.6) is 0 Å². The van der Waals surface area contributed by atoms with Crippen LogP contribution in [0, 0.1) is 29.2 Å². The van der Waals surface area contributed by atoms with Crippen molar-refractivity contribution >= 4 is 69.8 Å². The maximum atomic E-state index is 13.9. The molecule has 758 valence electrons. The van der Waals surface area contributed by atoms with Gasteiger partial charge in [-0.15, -0.1) is 0 Å². The first-order valence-corrected chi connectivity index (χ1v) is 51.7. The van der Waals surface area contributed by atoms with Crippen molar-refractivity contribution in [2.75, 3.05) is 92.0 Å². The highest BCUT2D eigenvalue weighted by atomic mass is 19.1. The first-order chi connectivity index (χ1) is 69.3. The average Bonchev–Trinajstić information content (AvgIpc) is 1.58. The minimum absolute atomic E-state index is 0.0372. The molecule has 6 amide bonds. The Morgan fingerprint density at radius 2 is 0.778 bits per heavy atom. The lowest BCUT2D eigenvalue weighted by molar-refractivity contribution is -0.896. The molecule has 27 heteroatoms. The number of likely N-dealkylation sites (N-methyl/N-ethyl adjacent to an activating group) is 1. The van der Waals surface area contributed by atoms with E-state index in [0.717, 1.165) is 169 Å². The van der Waals surface area contributed by atoms with E-state index in [2.05, 4.69) is 142 Å². The van der Waals surface area contributed by atoms with Crippen molar-refractivity contribution in [3.05, 3.63) is 323 Å². The molecular weight excluding hydrogens is 1830 g/mol. The number of fused-ring (bicyclic) bond motifs is 10. The first-order valence-electron chi connectivity index (χ1n) is 51.7. The molecule has 0 aromatic heterocycles. The van der Waals surface area contributed by atoms with E-state index in [1.807, 2.05) is 81.4 Å². The lowest BCUT2D eigenvalue weighted by atomic mass is 9.83. The second-order valence-electron chi connectivity index (χ2n) is 41.1. The minimum atomic E-state index is -0.837. The van der Waals surface area contributed by atoms with Crippen molar-refractivity contribution < 1.29 is 99.7 Å². The minimum Gasteiger partial charge on any atom is -0.481 e. The number of aliphatic hydroxyl groups is 1. The van der Waals surface area contributed by atoms with Crippen LogP contribution in [0.25, 0.3) is 0 Å². The van der Waals surface area contributed by atoms with Gasteiger partial charge in [-0.1, -0.05) is 97.1 Å². The van der Waals surface area contributed by atoms with Gasteiger partial charge >= 0.3 is 5.97 Å². The van der Waals surface area contributed by atoms with E-state index in [1.165, 1.54) is 96.3 Å². The van der Waals surface area contributed by atoms with Crippen LogP contribution in [0.15, 0.2) is 188 Å². The van der Waals surface area contributed by atoms with Crippen molar-refractivity contribution in [1.29, 1.82) is 0 Å². The number of carboxylic acids is 1. The Morgan fingerprint density at radius 1 is 0.396 bits per heavy atom. The number of carbonyl (C=O) groups excluding carboxylic acids is 6. The Labute approximate surface area is 840 Å². The summed E-state index contributed by atoms with van der Waals surface area (Å²) in [5.74, 6) is -4.79. The summed E-state index contributed by atoms with van der Waals surface area (Å²) < 4.78 is 86.2. The molecule has 144 heavy (non-hydrogen) atoms. The van der Waals surface area contributed by atoms with Crippen molar-refractivity contribution in [2.24, 2.45) is 5.92 Å². The summed E-state index contributed by atoms with van der Waals surface area (Å²) in [5.41, 5.74) is 21.9. The second kappa shape index (κ2) is 44.8. The highest BCUT2D eigenvalue weighted by molar-refractivity contribution is 6.07. The van der Waals surface area contributed by atoms with Gasteiger partial charge < -0.3 is 80.5 Å². The highest BCUT2D eigenvalue weighted by Gasteiger charge is 2.52. The molecule has 1 saturated carbocycles. The molecule has 0 bridgehead atoms. The van der Waals surface area contributed by atoms with Crippen molar-refractivity contribution in [2.45, 2.75) is 250 Å². The number of aliphatic carboxylic acids is 1. The summed E-state index contributed by atoms with van der Waals surface area (Å²) in [6.07, 6.45) is 8.91. The number of rotatable bonds is 29. The molecule has 0 radical (unpaired) electrons. The van der Waals surface area contributed by atoms with E-state index in [4.69, 9.17) is 28.8 Å². The van der Waals surface area contributed by atoms with Crippen LogP contribution < -0.4 is 46.6 Å². The summed E-state index contributed by atoms with van der Waals surface area (Å²) in [6, 6.07) is 56.2. The number of nitrogens with one attached hydrogen (secondary N) is 9. The molecule has 1 aliphatic carbocycles. The van der Waals surface area contributed by atoms with Crippen LogP contribution in [0.2, 0.25) is 0 Å². The molecule has 0 saturated heterocycles. The molecule has 21 rings (SSSR count). The Morgan fingerprint density at radius 3 is 1.24 bits per heavy atom. The monoisotopic (exact) mass is 1970 g/mol. The number of halogens is 4. The Hall–Kier alpha value is -12.2. The predicted octanol–water partition coefficient (Wildman–Crippen LogP) is 17.4. The largest absolute Gasteiger partial charge is 0.481 e. The van der Waals surface area contributed by atoms with Gasteiger partial charge in [-0.05, 0) is 337 Å². The van der Waals surface area contributed by atoms with Gasteiger partial charge in [0.05, 0.1) is 162 Å². The van der Waals surface area contributed by atoms with Crippen LogP contribution in [-0.2, 0) is 103 Å². The molecule has 0 spiro atoms. The van der Waals surface area contributed by atoms with Gasteiger partial charge in [0.1, 0.15) is 23.3 Å².